The smallest absolute Gasteiger partial charge is 0.246 e. The van der Waals surface area contributed by atoms with Gasteiger partial charge >= 0.3 is 0 Å². The molecule has 1 aromatic rings. The number of hydrogen-bond acceptors (Lipinski definition) is 4. The van der Waals surface area contributed by atoms with Crippen LogP contribution in [-0.4, -0.2) is 63.3 Å². The SMILES string of the molecule is Cc1ccc(F)c(S(=O)(=O)N(C)CC(=O)N2CCNCC2)c1.Cl. The second kappa shape index (κ2) is 8.05. The van der Waals surface area contributed by atoms with Crippen molar-refractivity contribution in [3.8, 4) is 0 Å². The minimum absolute atomic E-state index is 0. The van der Waals surface area contributed by atoms with Gasteiger partial charge in [0.25, 0.3) is 0 Å². The Kier molecular flexibility index (Phi) is 6.94. The van der Waals surface area contributed by atoms with E-state index in [4.69, 9.17) is 0 Å². The van der Waals surface area contributed by atoms with E-state index in [9.17, 15) is 17.6 Å². The van der Waals surface area contributed by atoms with Crippen molar-refractivity contribution in [2.75, 3.05) is 39.8 Å². The van der Waals surface area contributed by atoms with Gasteiger partial charge in [0.2, 0.25) is 15.9 Å². The number of rotatable bonds is 4. The third kappa shape index (κ3) is 4.63. The fraction of sp³-hybridized carbons (Fsp3) is 0.500. The molecule has 1 amide bonds. The summed E-state index contributed by atoms with van der Waals surface area (Å²) >= 11 is 0. The molecule has 1 N–H and O–H groups in total. The summed E-state index contributed by atoms with van der Waals surface area (Å²) in [5.41, 5.74) is 0.641. The summed E-state index contributed by atoms with van der Waals surface area (Å²) in [7, 11) is -2.74. The van der Waals surface area contributed by atoms with Gasteiger partial charge in [-0.2, -0.15) is 4.31 Å². The second-order valence-corrected chi connectivity index (χ2v) is 7.34. The fourth-order valence-corrected chi connectivity index (χ4v) is 3.53. The van der Waals surface area contributed by atoms with Crippen LogP contribution in [0, 0.1) is 12.7 Å². The third-order valence-electron chi connectivity index (χ3n) is 3.60. The lowest BCUT2D eigenvalue weighted by Crippen LogP contribution is -2.49. The Morgan fingerprint density at radius 2 is 1.96 bits per heavy atom. The second-order valence-electron chi connectivity index (χ2n) is 5.33. The summed E-state index contributed by atoms with van der Waals surface area (Å²) in [5.74, 6) is -1.09. The average Bonchev–Trinajstić information content (AvgIpc) is 2.50. The first kappa shape index (κ1) is 19.8. The Hall–Kier alpha value is -1.22. The molecule has 23 heavy (non-hydrogen) atoms. The minimum atomic E-state index is -4.03. The van der Waals surface area contributed by atoms with Crippen molar-refractivity contribution in [2.24, 2.45) is 0 Å². The zero-order valence-electron chi connectivity index (χ0n) is 13.1. The zero-order valence-corrected chi connectivity index (χ0v) is 14.7. The topological polar surface area (TPSA) is 69.7 Å². The number of carbonyl (C=O) groups is 1. The number of aryl methyl sites for hydroxylation is 1. The number of nitrogens with one attached hydrogen (secondary N) is 1. The van der Waals surface area contributed by atoms with E-state index >= 15 is 0 Å². The molecule has 0 aromatic heterocycles. The Bertz CT molecular complexity index is 663. The molecule has 0 spiro atoms. The van der Waals surface area contributed by atoms with Gasteiger partial charge in [-0.3, -0.25) is 4.79 Å². The van der Waals surface area contributed by atoms with Gasteiger partial charge in [0, 0.05) is 33.2 Å². The van der Waals surface area contributed by atoms with E-state index in [-0.39, 0.29) is 24.9 Å². The van der Waals surface area contributed by atoms with Crippen LogP contribution in [0.3, 0.4) is 0 Å². The largest absolute Gasteiger partial charge is 0.339 e. The molecular formula is C14H21ClFN3O3S. The van der Waals surface area contributed by atoms with E-state index in [0.29, 0.717) is 31.7 Å². The standard InChI is InChI=1S/C14H20FN3O3S.ClH/c1-11-3-4-12(15)13(9-11)22(20,21)17(2)10-14(19)18-7-5-16-6-8-18;/h3-4,9,16H,5-8,10H2,1-2H3;1H. The first-order valence-electron chi connectivity index (χ1n) is 7.03. The van der Waals surface area contributed by atoms with Crippen LogP contribution in [0.25, 0.3) is 0 Å². The number of likely N-dealkylation sites (N-methyl/N-ethyl adjacent to an activating group) is 1. The molecule has 6 nitrogen and oxygen atoms in total. The average molecular weight is 366 g/mol. The van der Waals surface area contributed by atoms with Crippen LogP contribution in [0.4, 0.5) is 4.39 Å². The van der Waals surface area contributed by atoms with Crippen LogP contribution in [0.2, 0.25) is 0 Å². The van der Waals surface area contributed by atoms with E-state index in [1.807, 2.05) is 0 Å². The lowest BCUT2D eigenvalue weighted by Gasteiger charge is -2.29. The summed E-state index contributed by atoms with van der Waals surface area (Å²) in [6.45, 7) is 3.86. The molecule has 0 unspecified atom stereocenters. The Morgan fingerprint density at radius 3 is 2.57 bits per heavy atom. The highest BCUT2D eigenvalue weighted by molar-refractivity contribution is 7.89. The summed E-state index contributed by atoms with van der Waals surface area (Å²) < 4.78 is 39.6. The van der Waals surface area contributed by atoms with Gasteiger partial charge in [-0.05, 0) is 24.6 Å². The molecule has 0 bridgehead atoms. The van der Waals surface area contributed by atoms with Crippen molar-refractivity contribution >= 4 is 28.3 Å². The lowest BCUT2D eigenvalue weighted by atomic mass is 10.2. The van der Waals surface area contributed by atoms with Gasteiger partial charge in [-0.1, -0.05) is 6.07 Å². The molecule has 0 radical (unpaired) electrons. The number of amides is 1. The highest BCUT2D eigenvalue weighted by Crippen LogP contribution is 2.19. The van der Waals surface area contributed by atoms with Crippen LogP contribution >= 0.6 is 12.4 Å². The maximum atomic E-state index is 13.8. The summed E-state index contributed by atoms with van der Waals surface area (Å²) in [4.78, 5) is 13.3. The highest BCUT2D eigenvalue weighted by atomic mass is 35.5. The highest BCUT2D eigenvalue weighted by Gasteiger charge is 2.28. The van der Waals surface area contributed by atoms with Crippen molar-refractivity contribution in [2.45, 2.75) is 11.8 Å². The van der Waals surface area contributed by atoms with Gasteiger partial charge in [-0.15, -0.1) is 12.4 Å². The van der Waals surface area contributed by atoms with Crippen LogP contribution in [-0.2, 0) is 14.8 Å². The number of piperazine rings is 1. The molecule has 1 aromatic carbocycles. The summed E-state index contributed by atoms with van der Waals surface area (Å²) in [5, 5.41) is 3.12. The van der Waals surface area contributed by atoms with Gasteiger partial charge in [0.05, 0.1) is 6.54 Å². The first-order valence-corrected chi connectivity index (χ1v) is 8.47. The molecule has 2 rings (SSSR count). The zero-order chi connectivity index (χ0) is 16.3. The summed E-state index contributed by atoms with van der Waals surface area (Å²) in [6, 6.07) is 3.89. The van der Waals surface area contributed by atoms with E-state index in [1.54, 1.807) is 11.8 Å². The Balaban J connectivity index is 0.00000264. The van der Waals surface area contributed by atoms with Crippen molar-refractivity contribution in [3.63, 3.8) is 0 Å². The Labute approximate surface area is 142 Å². The lowest BCUT2D eigenvalue weighted by molar-refractivity contribution is -0.131. The molecule has 0 aliphatic carbocycles. The molecule has 0 saturated carbocycles. The third-order valence-corrected chi connectivity index (χ3v) is 5.42. The van der Waals surface area contributed by atoms with Crippen LogP contribution < -0.4 is 5.32 Å². The number of nitrogens with zero attached hydrogens (tertiary/aromatic N) is 2. The van der Waals surface area contributed by atoms with Crippen LogP contribution in [0.5, 0.6) is 0 Å². The summed E-state index contributed by atoms with van der Waals surface area (Å²) in [6.07, 6.45) is 0. The molecule has 0 atom stereocenters. The predicted octanol–water partition coefficient (Wildman–Crippen LogP) is 0.608. The first-order chi connectivity index (χ1) is 10.3. The van der Waals surface area contributed by atoms with Crippen LogP contribution in [0.1, 0.15) is 5.56 Å². The van der Waals surface area contributed by atoms with Crippen molar-refractivity contribution in [3.05, 3.63) is 29.6 Å². The van der Waals surface area contributed by atoms with E-state index in [1.165, 1.54) is 19.2 Å². The molecular weight excluding hydrogens is 345 g/mol. The maximum absolute atomic E-state index is 13.8. The van der Waals surface area contributed by atoms with E-state index in [2.05, 4.69) is 5.32 Å². The minimum Gasteiger partial charge on any atom is -0.339 e. The number of halogens is 2. The normalized spacial score (nSPS) is 15.4. The number of hydrogen-bond donors (Lipinski definition) is 1. The van der Waals surface area contributed by atoms with E-state index < -0.39 is 20.7 Å². The molecule has 9 heteroatoms. The number of sulfonamides is 1. The van der Waals surface area contributed by atoms with Gasteiger partial charge in [0.15, 0.2) is 0 Å². The molecule has 1 saturated heterocycles. The molecule has 130 valence electrons. The maximum Gasteiger partial charge on any atom is 0.246 e. The fourth-order valence-electron chi connectivity index (χ4n) is 2.27. The predicted molar refractivity (Wildman–Crippen MR) is 87.7 cm³/mol. The molecule has 1 fully saturated rings. The van der Waals surface area contributed by atoms with Crippen molar-refractivity contribution in [1.29, 1.82) is 0 Å². The monoisotopic (exact) mass is 365 g/mol. The molecule has 1 aliphatic rings. The van der Waals surface area contributed by atoms with Gasteiger partial charge in [-0.25, -0.2) is 12.8 Å². The van der Waals surface area contributed by atoms with Crippen LogP contribution in [0.15, 0.2) is 23.1 Å². The number of benzene rings is 1. The number of carbonyl (C=O) groups excluding carboxylic acids is 1. The Morgan fingerprint density at radius 1 is 1.35 bits per heavy atom. The van der Waals surface area contributed by atoms with Gasteiger partial charge in [0.1, 0.15) is 10.7 Å². The molecule has 1 aliphatic heterocycles. The van der Waals surface area contributed by atoms with Crippen molar-refractivity contribution in [1.82, 2.24) is 14.5 Å². The quantitative estimate of drug-likeness (QED) is 0.848. The van der Waals surface area contributed by atoms with Gasteiger partial charge < -0.3 is 10.2 Å². The van der Waals surface area contributed by atoms with Crippen molar-refractivity contribution < 1.29 is 17.6 Å². The van der Waals surface area contributed by atoms with E-state index in [0.717, 1.165) is 10.4 Å². The molecule has 1 heterocycles.